The van der Waals surface area contributed by atoms with E-state index in [2.05, 4.69) is 11.2 Å². The first kappa shape index (κ1) is 7.36. The van der Waals surface area contributed by atoms with E-state index in [4.69, 9.17) is 6.42 Å². The van der Waals surface area contributed by atoms with Crippen LogP contribution < -0.4 is 5.32 Å². The maximum absolute atomic E-state index is 9.98. The highest BCUT2D eigenvalue weighted by molar-refractivity contribution is 5.71. The molecule has 0 aliphatic heterocycles. The van der Waals surface area contributed by atoms with E-state index in [0.29, 0.717) is 6.41 Å². The average molecular weight is 145 g/mol. The molecule has 1 amide bonds. The SMILES string of the molecule is C#Cc1ccc(NC=O)cc1. The Hall–Kier alpha value is -1.75. The van der Waals surface area contributed by atoms with E-state index in [-0.39, 0.29) is 0 Å². The van der Waals surface area contributed by atoms with Crippen molar-refractivity contribution in [2.24, 2.45) is 0 Å². The molecule has 1 rings (SSSR count). The van der Waals surface area contributed by atoms with Crippen LogP contribution in [-0.4, -0.2) is 6.41 Å². The molecule has 2 nitrogen and oxygen atoms in total. The first-order valence-corrected chi connectivity index (χ1v) is 3.13. The third-order valence-corrected chi connectivity index (χ3v) is 1.28. The summed E-state index contributed by atoms with van der Waals surface area (Å²) in [5.41, 5.74) is 1.56. The molecule has 0 unspecified atom stereocenters. The highest BCUT2D eigenvalue weighted by Crippen LogP contribution is 2.06. The molecule has 1 aromatic rings. The Morgan fingerprint density at radius 3 is 2.45 bits per heavy atom. The van der Waals surface area contributed by atoms with Gasteiger partial charge in [-0.3, -0.25) is 4.79 Å². The number of terminal acetylenes is 1. The topological polar surface area (TPSA) is 29.1 Å². The second-order valence-electron chi connectivity index (χ2n) is 1.98. The van der Waals surface area contributed by atoms with Gasteiger partial charge in [-0.1, -0.05) is 5.92 Å². The number of nitrogens with one attached hydrogen (secondary N) is 1. The van der Waals surface area contributed by atoms with Crippen molar-refractivity contribution in [3.63, 3.8) is 0 Å². The lowest BCUT2D eigenvalue weighted by molar-refractivity contribution is -0.105. The minimum Gasteiger partial charge on any atom is -0.329 e. The van der Waals surface area contributed by atoms with Crippen molar-refractivity contribution >= 4 is 12.1 Å². The predicted molar refractivity (Wildman–Crippen MR) is 44.1 cm³/mol. The molecule has 0 aliphatic rings. The summed E-state index contributed by atoms with van der Waals surface area (Å²) < 4.78 is 0. The van der Waals surface area contributed by atoms with E-state index in [9.17, 15) is 4.79 Å². The fourth-order valence-electron chi connectivity index (χ4n) is 0.731. The number of carbonyl (C=O) groups excluding carboxylic acids is 1. The quantitative estimate of drug-likeness (QED) is 0.492. The van der Waals surface area contributed by atoms with Gasteiger partial charge in [0.15, 0.2) is 0 Å². The lowest BCUT2D eigenvalue weighted by Gasteiger charge is -1.96. The highest BCUT2D eigenvalue weighted by atomic mass is 16.1. The second kappa shape index (κ2) is 3.43. The number of benzene rings is 1. The highest BCUT2D eigenvalue weighted by Gasteiger charge is 1.88. The summed E-state index contributed by atoms with van der Waals surface area (Å²) in [5, 5.41) is 2.51. The van der Waals surface area contributed by atoms with E-state index in [1.807, 2.05) is 0 Å². The van der Waals surface area contributed by atoms with Crippen LogP contribution in [0, 0.1) is 12.3 Å². The molecular formula is C9H7NO. The van der Waals surface area contributed by atoms with Crippen molar-refractivity contribution in [1.82, 2.24) is 0 Å². The standard InChI is InChI=1S/C9H7NO/c1-2-8-3-5-9(6-4-8)10-7-11/h1,3-7H,(H,10,11). The molecule has 0 atom stereocenters. The van der Waals surface area contributed by atoms with Crippen LogP contribution in [0.1, 0.15) is 5.56 Å². The van der Waals surface area contributed by atoms with Gasteiger partial charge in [-0.05, 0) is 24.3 Å². The van der Waals surface area contributed by atoms with E-state index in [1.165, 1.54) is 0 Å². The van der Waals surface area contributed by atoms with E-state index in [0.717, 1.165) is 11.3 Å². The Balaban J connectivity index is 2.84. The molecule has 54 valence electrons. The predicted octanol–water partition coefficient (Wildman–Crippen LogP) is 1.24. The average Bonchev–Trinajstić information content (AvgIpc) is 2.07. The Bertz CT molecular complexity index is 281. The maximum atomic E-state index is 9.98. The van der Waals surface area contributed by atoms with Gasteiger partial charge in [0.05, 0.1) is 0 Å². The second-order valence-corrected chi connectivity index (χ2v) is 1.98. The first-order valence-electron chi connectivity index (χ1n) is 3.13. The zero-order valence-corrected chi connectivity index (χ0v) is 5.87. The van der Waals surface area contributed by atoms with Crippen LogP contribution in [0.2, 0.25) is 0 Å². The molecule has 0 saturated carbocycles. The number of hydrogen-bond donors (Lipinski definition) is 1. The van der Waals surface area contributed by atoms with Gasteiger partial charge in [-0.15, -0.1) is 6.42 Å². The molecule has 0 spiro atoms. The van der Waals surface area contributed by atoms with Crippen molar-refractivity contribution in [3.05, 3.63) is 29.8 Å². The molecule has 0 radical (unpaired) electrons. The molecule has 1 aromatic carbocycles. The summed E-state index contributed by atoms with van der Waals surface area (Å²) in [6, 6.07) is 7.05. The number of carbonyl (C=O) groups is 1. The Morgan fingerprint density at radius 1 is 1.36 bits per heavy atom. The summed E-state index contributed by atoms with van der Waals surface area (Å²) in [7, 11) is 0. The Kier molecular flexibility index (Phi) is 2.29. The molecular weight excluding hydrogens is 138 g/mol. The largest absolute Gasteiger partial charge is 0.329 e. The third-order valence-electron chi connectivity index (χ3n) is 1.28. The minimum atomic E-state index is 0.630. The van der Waals surface area contributed by atoms with Crippen molar-refractivity contribution in [1.29, 1.82) is 0 Å². The van der Waals surface area contributed by atoms with Crippen molar-refractivity contribution in [2.45, 2.75) is 0 Å². The summed E-state index contributed by atoms with van der Waals surface area (Å²) in [5.74, 6) is 2.48. The molecule has 0 heterocycles. The van der Waals surface area contributed by atoms with Crippen LogP contribution in [0.3, 0.4) is 0 Å². The Morgan fingerprint density at radius 2 is 2.00 bits per heavy atom. The number of hydrogen-bond acceptors (Lipinski definition) is 1. The third kappa shape index (κ3) is 1.84. The summed E-state index contributed by atoms with van der Waals surface area (Å²) in [6.07, 6.45) is 5.76. The normalized spacial score (nSPS) is 8.27. The van der Waals surface area contributed by atoms with E-state index < -0.39 is 0 Å². The van der Waals surface area contributed by atoms with Gasteiger partial charge in [0.25, 0.3) is 0 Å². The van der Waals surface area contributed by atoms with Crippen LogP contribution in [0.5, 0.6) is 0 Å². The Labute approximate surface area is 65.2 Å². The van der Waals surface area contributed by atoms with Crippen LogP contribution >= 0.6 is 0 Å². The fourth-order valence-corrected chi connectivity index (χ4v) is 0.731. The van der Waals surface area contributed by atoms with Crippen LogP contribution in [-0.2, 0) is 4.79 Å². The van der Waals surface area contributed by atoms with Gasteiger partial charge in [-0.2, -0.15) is 0 Å². The molecule has 0 aliphatic carbocycles. The zero-order valence-electron chi connectivity index (χ0n) is 5.87. The molecule has 2 heteroatoms. The summed E-state index contributed by atoms with van der Waals surface area (Å²) >= 11 is 0. The van der Waals surface area contributed by atoms with Crippen molar-refractivity contribution < 1.29 is 4.79 Å². The maximum Gasteiger partial charge on any atom is 0.211 e. The zero-order chi connectivity index (χ0) is 8.10. The van der Waals surface area contributed by atoms with Crippen LogP contribution in [0.4, 0.5) is 5.69 Å². The van der Waals surface area contributed by atoms with Gasteiger partial charge < -0.3 is 5.32 Å². The van der Waals surface area contributed by atoms with E-state index in [1.54, 1.807) is 24.3 Å². The lowest BCUT2D eigenvalue weighted by Crippen LogP contribution is -1.92. The van der Waals surface area contributed by atoms with Crippen LogP contribution in [0.25, 0.3) is 0 Å². The molecule has 0 fully saturated rings. The number of amides is 1. The molecule has 0 saturated heterocycles. The lowest BCUT2D eigenvalue weighted by atomic mass is 10.2. The van der Waals surface area contributed by atoms with Gasteiger partial charge in [0.1, 0.15) is 0 Å². The fraction of sp³-hybridized carbons (Fsp3) is 0. The van der Waals surface area contributed by atoms with Crippen molar-refractivity contribution in [2.75, 3.05) is 5.32 Å². The number of rotatable bonds is 2. The monoisotopic (exact) mass is 145 g/mol. The smallest absolute Gasteiger partial charge is 0.211 e. The summed E-state index contributed by atoms with van der Waals surface area (Å²) in [6.45, 7) is 0. The minimum absolute atomic E-state index is 0.630. The molecule has 0 aromatic heterocycles. The van der Waals surface area contributed by atoms with Crippen molar-refractivity contribution in [3.8, 4) is 12.3 Å². The van der Waals surface area contributed by atoms with Gasteiger partial charge in [0, 0.05) is 11.3 Å². The molecule has 1 N–H and O–H groups in total. The first-order chi connectivity index (χ1) is 5.36. The van der Waals surface area contributed by atoms with Gasteiger partial charge >= 0.3 is 0 Å². The van der Waals surface area contributed by atoms with Gasteiger partial charge in [0.2, 0.25) is 6.41 Å². The van der Waals surface area contributed by atoms with Gasteiger partial charge in [-0.25, -0.2) is 0 Å². The van der Waals surface area contributed by atoms with Crippen LogP contribution in [0.15, 0.2) is 24.3 Å². The number of anilines is 1. The van der Waals surface area contributed by atoms with E-state index >= 15 is 0 Å². The summed E-state index contributed by atoms with van der Waals surface area (Å²) in [4.78, 5) is 9.98. The molecule has 0 bridgehead atoms. The molecule has 11 heavy (non-hydrogen) atoms.